The number of carbonyl (C=O) groups is 1. The van der Waals surface area contributed by atoms with Crippen molar-refractivity contribution >= 4 is 46.0 Å². The summed E-state index contributed by atoms with van der Waals surface area (Å²) in [5, 5.41) is 10.7. The minimum atomic E-state index is -0.816. The standard InChI is InChI=1S/C28H29IN2O7S/c1-7-37-27(34)23-15(4)30-28-31(24(23)16-8-9-19(38-14(2)3)20(11-16)35-5)26(33)22(39-28)12-17-10-18(29)13-21(36-6)25(17)32/h8-14,24,32H,7H2,1-6H3/b22-12+/t24-/m1/s1. The fourth-order valence-electron chi connectivity index (χ4n) is 4.31. The SMILES string of the molecule is CCOC(=O)C1=C(C)N=c2s/c(=C/c3cc(I)cc(OC)c3O)c(=O)n2[C@@H]1c1ccc(OC(C)C)c(OC)c1. The van der Waals surface area contributed by atoms with Crippen LogP contribution in [0, 0.1) is 3.57 Å². The summed E-state index contributed by atoms with van der Waals surface area (Å²) in [6, 6.07) is 7.96. The van der Waals surface area contributed by atoms with Gasteiger partial charge in [-0.05, 0) is 86.2 Å². The number of nitrogens with zero attached hydrogens (tertiary/aromatic N) is 2. The van der Waals surface area contributed by atoms with Crippen molar-refractivity contribution in [1.29, 1.82) is 0 Å². The first kappa shape index (κ1) is 28.7. The highest BCUT2D eigenvalue weighted by Crippen LogP contribution is 2.37. The maximum absolute atomic E-state index is 13.9. The van der Waals surface area contributed by atoms with Crippen LogP contribution in [0.15, 0.2) is 51.4 Å². The second-order valence-corrected chi connectivity index (χ2v) is 11.2. The fourth-order valence-corrected chi connectivity index (χ4v) is 5.97. The van der Waals surface area contributed by atoms with E-state index in [0.29, 0.717) is 43.4 Å². The van der Waals surface area contributed by atoms with E-state index in [-0.39, 0.29) is 29.6 Å². The van der Waals surface area contributed by atoms with E-state index in [1.54, 1.807) is 50.3 Å². The van der Waals surface area contributed by atoms with Gasteiger partial charge < -0.3 is 24.1 Å². The first-order chi connectivity index (χ1) is 18.6. The van der Waals surface area contributed by atoms with E-state index in [9.17, 15) is 14.7 Å². The van der Waals surface area contributed by atoms with Crippen molar-refractivity contribution < 1.29 is 28.8 Å². The smallest absolute Gasteiger partial charge is 0.338 e. The van der Waals surface area contributed by atoms with Gasteiger partial charge in [0.15, 0.2) is 27.8 Å². The molecular formula is C28H29IN2O7S. The molecule has 1 aromatic heterocycles. The van der Waals surface area contributed by atoms with Crippen LogP contribution < -0.4 is 29.1 Å². The van der Waals surface area contributed by atoms with Crippen molar-refractivity contribution in [1.82, 2.24) is 4.57 Å². The lowest BCUT2D eigenvalue weighted by Crippen LogP contribution is -2.40. The Bertz CT molecular complexity index is 1640. The largest absolute Gasteiger partial charge is 0.504 e. The summed E-state index contributed by atoms with van der Waals surface area (Å²) in [7, 11) is 3.00. The first-order valence-electron chi connectivity index (χ1n) is 12.2. The molecule has 0 radical (unpaired) electrons. The van der Waals surface area contributed by atoms with Crippen LogP contribution in [0.2, 0.25) is 0 Å². The van der Waals surface area contributed by atoms with Crippen LogP contribution in [-0.4, -0.2) is 42.6 Å². The minimum Gasteiger partial charge on any atom is -0.504 e. The zero-order valence-electron chi connectivity index (χ0n) is 22.4. The van der Waals surface area contributed by atoms with Crippen molar-refractivity contribution in [2.24, 2.45) is 4.99 Å². The van der Waals surface area contributed by atoms with Crippen LogP contribution in [0.3, 0.4) is 0 Å². The summed E-state index contributed by atoms with van der Waals surface area (Å²) >= 11 is 3.28. The van der Waals surface area contributed by atoms with Crippen LogP contribution in [0.1, 0.15) is 44.9 Å². The van der Waals surface area contributed by atoms with Gasteiger partial charge in [0.2, 0.25) is 0 Å². The summed E-state index contributed by atoms with van der Waals surface area (Å²) in [6.45, 7) is 7.45. The Kier molecular flexibility index (Phi) is 8.70. The number of hydrogen-bond donors (Lipinski definition) is 1. The van der Waals surface area contributed by atoms with E-state index in [0.717, 1.165) is 3.57 Å². The molecular weight excluding hydrogens is 635 g/mol. The van der Waals surface area contributed by atoms with Crippen molar-refractivity contribution in [3.63, 3.8) is 0 Å². The number of thiazole rings is 1. The van der Waals surface area contributed by atoms with Crippen LogP contribution >= 0.6 is 33.9 Å². The van der Waals surface area contributed by atoms with Gasteiger partial charge in [-0.3, -0.25) is 9.36 Å². The Labute approximate surface area is 243 Å². The topological polar surface area (TPSA) is 109 Å². The van der Waals surface area contributed by atoms with Gasteiger partial charge in [0.25, 0.3) is 5.56 Å². The van der Waals surface area contributed by atoms with Gasteiger partial charge >= 0.3 is 5.97 Å². The van der Waals surface area contributed by atoms with Gasteiger partial charge in [-0.1, -0.05) is 17.4 Å². The van der Waals surface area contributed by atoms with Crippen molar-refractivity contribution in [3.8, 4) is 23.0 Å². The number of halogens is 1. The molecule has 39 heavy (non-hydrogen) atoms. The fraction of sp³-hybridized carbons (Fsp3) is 0.321. The maximum Gasteiger partial charge on any atom is 0.338 e. The second kappa shape index (κ2) is 11.8. The monoisotopic (exact) mass is 664 g/mol. The molecule has 4 rings (SSSR count). The molecule has 0 fully saturated rings. The van der Waals surface area contributed by atoms with Gasteiger partial charge in [-0.25, -0.2) is 9.79 Å². The van der Waals surface area contributed by atoms with Gasteiger partial charge in [0.1, 0.15) is 0 Å². The molecule has 0 bridgehead atoms. The second-order valence-electron chi connectivity index (χ2n) is 8.93. The molecule has 3 aromatic rings. The minimum absolute atomic E-state index is 0.0734. The Morgan fingerprint density at radius 1 is 1.18 bits per heavy atom. The molecule has 0 amide bonds. The van der Waals surface area contributed by atoms with Gasteiger partial charge in [-0.15, -0.1) is 0 Å². The third-order valence-electron chi connectivity index (χ3n) is 5.96. The quantitative estimate of drug-likeness (QED) is 0.288. The number of rotatable bonds is 8. The molecule has 11 heteroatoms. The van der Waals surface area contributed by atoms with Crippen LogP contribution in [-0.2, 0) is 9.53 Å². The Balaban J connectivity index is 1.97. The Morgan fingerprint density at radius 2 is 1.90 bits per heavy atom. The van der Waals surface area contributed by atoms with Crippen molar-refractivity contribution in [3.05, 3.63) is 76.0 Å². The number of hydrogen-bond acceptors (Lipinski definition) is 9. The van der Waals surface area contributed by atoms with Gasteiger partial charge in [-0.2, -0.15) is 0 Å². The molecule has 206 valence electrons. The molecule has 0 unspecified atom stereocenters. The highest BCUT2D eigenvalue weighted by Gasteiger charge is 2.34. The number of carbonyl (C=O) groups excluding carboxylic acids is 1. The zero-order valence-corrected chi connectivity index (χ0v) is 25.4. The number of phenols is 1. The van der Waals surface area contributed by atoms with E-state index >= 15 is 0 Å². The molecule has 0 saturated carbocycles. The molecule has 0 spiro atoms. The molecule has 9 nitrogen and oxygen atoms in total. The molecule has 2 heterocycles. The van der Waals surface area contributed by atoms with E-state index in [2.05, 4.69) is 27.6 Å². The number of esters is 1. The predicted octanol–water partition coefficient (Wildman–Crippen LogP) is 3.91. The highest BCUT2D eigenvalue weighted by molar-refractivity contribution is 14.1. The van der Waals surface area contributed by atoms with Crippen molar-refractivity contribution in [2.45, 2.75) is 39.8 Å². The van der Waals surface area contributed by atoms with E-state index in [1.807, 2.05) is 13.8 Å². The Hall–Kier alpha value is -3.32. The molecule has 1 aliphatic heterocycles. The van der Waals surface area contributed by atoms with E-state index in [4.69, 9.17) is 18.9 Å². The first-order valence-corrected chi connectivity index (χ1v) is 14.1. The van der Waals surface area contributed by atoms with Crippen molar-refractivity contribution in [2.75, 3.05) is 20.8 Å². The third-order valence-corrected chi connectivity index (χ3v) is 7.56. The third kappa shape index (κ3) is 5.69. The predicted molar refractivity (Wildman–Crippen MR) is 157 cm³/mol. The lowest BCUT2D eigenvalue weighted by Gasteiger charge is -2.25. The highest BCUT2D eigenvalue weighted by atomic mass is 127. The molecule has 1 N–H and O–H groups in total. The molecule has 1 atom stereocenters. The number of ether oxygens (including phenoxy) is 4. The average molecular weight is 665 g/mol. The molecule has 2 aromatic carbocycles. The van der Waals surface area contributed by atoms with Crippen LogP contribution in [0.5, 0.6) is 23.0 Å². The average Bonchev–Trinajstić information content (AvgIpc) is 3.19. The lowest BCUT2D eigenvalue weighted by atomic mass is 9.95. The van der Waals surface area contributed by atoms with Gasteiger partial charge in [0.05, 0.1) is 48.8 Å². The molecule has 1 aliphatic rings. The molecule has 0 saturated heterocycles. The van der Waals surface area contributed by atoms with Crippen LogP contribution in [0.25, 0.3) is 6.08 Å². The zero-order chi connectivity index (χ0) is 28.4. The number of allylic oxidation sites excluding steroid dienone is 1. The normalized spacial score (nSPS) is 15.2. The summed E-state index contributed by atoms with van der Waals surface area (Å²) in [4.78, 5) is 32.1. The summed E-state index contributed by atoms with van der Waals surface area (Å²) in [6.07, 6.45) is 1.53. The number of fused-ring (bicyclic) bond motifs is 1. The summed E-state index contributed by atoms with van der Waals surface area (Å²) < 4.78 is 24.7. The summed E-state index contributed by atoms with van der Waals surface area (Å²) in [5.41, 5.74) is 1.41. The molecule has 0 aliphatic carbocycles. The number of aromatic nitrogens is 1. The number of aromatic hydroxyl groups is 1. The summed E-state index contributed by atoms with van der Waals surface area (Å²) in [5.74, 6) is 0.686. The lowest BCUT2D eigenvalue weighted by molar-refractivity contribution is -0.139. The van der Waals surface area contributed by atoms with E-state index in [1.165, 1.54) is 30.1 Å². The number of methoxy groups -OCH3 is 2. The Morgan fingerprint density at radius 3 is 2.54 bits per heavy atom. The maximum atomic E-state index is 13.9. The number of benzene rings is 2. The van der Waals surface area contributed by atoms with Gasteiger partial charge in [0, 0.05) is 9.13 Å². The number of phenolic OH excluding ortho intramolecular Hbond substituents is 1. The van der Waals surface area contributed by atoms with Crippen LogP contribution in [0.4, 0.5) is 0 Å². The van der Waals surface area contributed by atoms with E-state index < -0.39 is 12.0 Å².